The van der Waals surface area contributed by atoms with Crippen molar-refractivity contribution in [2.45, 2.75) is 17.7 Å². The van der Waals surface area contributed by atoms with Gasteiger partial charge in [0.15, 0.2) is 5.78 Å². The van der Waals surface area contributed by atoms with E-state index < -0.39 is 0 Å². The minimum absolute atomic E-state index is 0.0212. The molecular weight excluding hydrogens is 290 g/mol. The predicted octanol–water partition coefficient (Wildman–Crippen LogP) is 4.07. The number of hydrogen-bond donors (Lipinski definition) is 1. The Kier molecular flexibility index (Phi) is 5.38. The number of carbonyl (C=O) groups excluding carboxylic acids is 2. The van der Waals surface area contributed by atoms with Gasteiger partial charge in [-0.3, -0.25) is 9.59 Å². The molecule has 0 spiro atoms. The molecule has 0 aliphatic rings. The number of hydrogen-bond acceptors (Lipinski definition) is 4. The number of anilines is 1. The van der Waals surface area contributed by atoms with E-state index in [0.717, 1.165) is 10.6 Å². The molecule has 0 unspecified atom stereocenters. The molecule has 0 atom stereocenters. The third-order valence-corrected chi connectivity index (χ3v) is 4.40. The zero-order chi connectivity index (χ0) is 14.4. The number of nitrogens with one attached hydrogen (secondary N) is 1. The molecule has 2 aromatic rings. The smallest absolute Gasteiger partial charge is 0.224 e. The first-order valence-corrected chi connectivity index (χ1v) is 8.30. The fourth-order valence-electron chi connectivity index (χ4n) is 1.69. The number of Topliss-reactive ketones (excluding diaryl/α,β-unsaturated/α-hetero) is 1. The van der Waals surface area contributed by atoms with Crippen LogP contribution in [0.25, 0.3) is 0 Å². The summed E-state index contributed by atoms with van der Waals surface area (Å²) >= 11 is 3.06. The van der Waals surface area contributed by atoms with Crippen LogP contribution in [0.2, 0.25) is 0 Å². The van der Waals surface area contributed by atoms with E-state index in [1.807, 2.05) is 42.0 Å². The van der Waals surface area contributed by atoms with Crippen molar-refractivity contribution >= 4 is 40.5 Å². The van der Waals surface area contributed by atoms with E-state index in [9.17, 15) is 9.59 Å². The second kappa shape index (κ2) is 7.26. The average Bonchev–Trinajstić information content (AvgIpc) is 3.00. The molecular formula is C15H15NO2S2. The monoisotopic (exact) mass is 305 g/mol. The summed E-state index contributed by atoms with van der Waals surface area (Å²) in [4.78, 5) is 25.4. The first kappa shape index (κ1) is 14.8. The minimum Gasteiger partial charge on any atom is -0.326 e. The van der Waals surface area contributed by atoms with Crippen LogP contribution >= 0.6 is 23.1 Å². The van der Waals surface area contributed by atoms with E-state index in [0.29, 0.717) is 4.88 Å². The number of benzene rings is 1. The van der Waals surface area contributed by atoms with Gasteiger partial charge in [0.25, 0.3) is 0 Å². The SMILES string of the molecule is CSc1ccc(NC(=O)CCC(=O)c2cccs2)cc1. The predicted molar refractivity (Wildman–Crippen MR) is 84.7 cm³/mol. The van der Waals surface area contributed by atoms with Crippen molar-refractivity contribution in [1.82, 2.24) is 0 Å². The zero-order valence-corrected chi connectivity index (χ0v) is 12.7. The summed E-state index contributed by atoms with van der Waals surface area (Å²) < 4.78 is 0. The lowest BCUT2D eigenvalue weighted by atomic mass is 10.2. The van der Waals surface area contributed by atoms with Gasteiger partial charge in [-0.05, 0) is 42.0 Å². The highest BCUT2D eigenvalue weighted by Crippen LogP contribution is 2.18. The standard InChI is InChI=1S/C15H15NO2S2/c1-19-12-6-4-11(5-7-12)16-15(18)9-8-13(17)14-3-2-10-20-14/h2-7,10H,8-9H2,1H3,(H,16,18). The Morgan fingerprint density at radius 3 is 2.50 bits per heavy atom. The second-order valence-electron chi connectivity index (χ2n) is 4.18. The third kappa shape index (κ3) is 4.21. The van der Waals surface area contributed by atoms with Crippen LogP contribution in [0.4, 0.5) is 5.69 Å². The number of ketones is 1. The Labute approximate surface area is 126 Å². The van der Waals surface area contributed by atoms with Gasteiger partial charge in [-0.1, -0.05) is 6.07 Å². The van der Waals surface area contributed by atoms with E-state index in [2.05, 4.69) is 5.32 Å². The Morgan fingerprint density at radius 2 is 1.90 bits per heavy atom. The molecule has 0 aliphatic carbocycles. The molecule has 0 bridgehead atoms. The summed E-state index contributed by atoms with van der Waals surface area (Å²) in [5, 5.41) is 4.66. The van der Waals surface area contributed by atoms with E-state index in [4.69, 9.17) is 0 Å². The Morgan fingerprint density at radius 1 is 1.15 bits per heavy atom. The maximum Gasteiger partial charge on any atom is 0.224 e. The first-order chi connectivity index (χ1) is 9.69. The third-order valence-electron chi connectivity index (χ3n) is 2.75. The van der Waals surface area contributed by atoms with Gasteiger partial charge in [-0.15, -0.1) is 23.1 Å². The summed E-state index contributed by atoms with van der Waals surface area (Å²) in [6.07, 6.45) is 2.46. The molecule has 0 saturated heterocycles. The topological polar surface area (TPSA) is 46.2 Å². The summed E-state index contributed by atoms with van der Waals surface area (Å²) in [6, 6.07) is 11.3. The molecule has 0 saturated carbocycles. The normalized spacial score (nSPS) is 10.2. The van der Waals surface area contributed by atoms with Crippen LogP contribution in [0.1, 0.15) is 22.5 Å². The maximum absolute atomic E-state index is 11.8. The number of carbonyl (C=O) groups is 2. The van der Waals surface area contributed by atoms with Gasteiger partial charge < -0.3 is 5.32 Å². The van der Waals surface area contributed by atoms with Gasteiger partial charge in [0, 0.05) is 23.4 Å². The lowest BCUT2D eigenvalue weighted by Crippen LogP contribution is -2.13. The molecule has 1 N–H and O–H groups in total. The van der Waals surface area contributed by atoms with Crippen molar-refractivity contribution in [3.05, 3.63) is 46.7 Å². The maximum atomic E-state index is 11.8. The van der Waals surface area contributed by atoms with Crippen molar-refractivity contribution < 1.29 is 9.59 Å². The fourth-order valence-corrected chi connectivity index (χ4v) is 2.79. The molecule has 0 radical (unpaired) electrons. The lowest BCUT2D eigenvalue weighted by molar-refractivity contribution is -0.116. The molecule has 1 heterocycles. The number of rotatable bonds is 6. The van der Waals surface area contributed by atoms with E-state index in [-0.39, 0.29) is 24.5 Å². The van der Waals surface area contributed by atoms with Gasteiger partial charge in [-0.25, -0.2) is 0 Å². The molecule has 0 aliphatic heterocycles. The van der Waals surface area contributed by atoms with Crippen LogP contribution < -0.4 is 5.32 Å². The van der Waals surface area contributed by atoms with Gasteiger partial charge in [0.2, 0.25) is 5.91 Å². The number of thioether (sulfide) groups is 1. The van der Waals surface area contributed by atoms with Crippen LogP contribution in [0.15, 0.2) is 46.7 Å². The summed E-state index contributed by atoms with van der Waals surface area (Å²) in [7, 11) is 0. The molecule has 1 aromatic heterocycles. The van der Waals surface area contributed by atoms with Crippen LogP contribution in [-0.4, -0.2) is 17.9 Å². The first-order valence-electron chi connectivity index (χ1n) is 6.19. The van der Waals surface area contributed by atoms with Crippen molar-refractivity contribution in [2.24, 2.45) is 0 Å². The highest BCUT2D eigenvalue weighted by Gasteiger charge is 2.10. The fraction of sp³-hybridized carbons (Fsp3) is 0.200. The van der Waals surface area contributed by atoms with Crippen molar-refractivity contribution in [3.8, 4) is 0 Å². The molecule has 5 heteroatoms. The van der Waals surface area contributed by atoms with Gasteiger partial charge >= 0.3 is 0 Å². The van der Waals surface area contributed by atoms with E-state index >= 15 is 0 Å². The molecule has 0 fully saturated rings. The van der Waals surface area contributed by atoms with Crippen molar-refractivity contribution in [2.75, 3.05) is 11.6 Å². The van der Waals surface area contributed by atoms with Crippen LogP contribution in [0.3, 0.4) is 0 Å². The summed E-state index contributed by atoms with van der Waals surface area (Å²) in [5.74, 6) is -0.111. The van der Waals surface area contributed by atoms with Gasteiger partial charge in [0.1, 0.15) is 0 Å². The molecule has 20 heavy (non-hydrogen) atoms. The number of thiophene rings is 1. The van der Waals surface area contributed by atoms with Gasteiger partial charge in [0.05, 0.1) is 4.88 Å². The largest absolute Gasteiger partial charge is 0.326 e. The van der Waals surface area contributed by atoms with Gasteiger partial charge in [-0.2, -0.15) is 0 Å². The zero-order valence-electron chi connectivity index (χ0n) is 11.1. The Bertz CT molecular complexity index is 576. The highest BCUT2D eigenvalue weighted by molar-refractivity contribution is 7.98. The molecule has 1 amide bonds. The van der Waals surface area contributed by atoms with Crippen LogP contribution in [0.5, 0.6) is 0 Å². The van der Waals surface area contributed by atoms with E-state index in [1.54, 1.807) is 17.8 Å². The van der Waals surface area contributed by atoms with Crippen molar-refractivity contribution in [1.29, 1.82) is 0 Å². The van der Waals surface area contributed by atoms with Crippen LogP contribution in [0, 0.1) is 0 Å². The average molecular weight is 305 g/mol. The molecule has 1 aromatic carbocycles. The van der Waals surface area contributed by atoms with Crippen LogP contribution in [-0.2, 0) is 4.79 Å². The molecule has 3 nitrogen and oxygen atoms in total. The molecule has 2 rings (SSSR count). The quantitative estimate of drug-likeness (QED) is 0.646. The number of amides is 1. The summed E-state index contributed by atoms with van der Waals surface area (Å²) in [6.45, 7) is 0. The minimum atomic E-state index is -0.133. The highest BCUT2D eigenvalue weighted by atomic mass is 32.2. The molecule has 104 valence electrons. The second-order valence-corrected chi connectivity index (χ2v) is 6.00. The van der Waals surface area contributed by atoms with Crippen molar-refractivity contribution in [3.63, 3.8) is 0 Å². The van der Waals surface area contributed by atoms with E-state index in [1.165, 1.54) is 11.3 Å². The lowest BCUT2D eigenvalue weighted by Gasteiger charge is -2.05. The Balaban J connectivity index is 1.81. The summed E-state index contributed by atoms with van der Waals surface area (Å²) in [5.41, 5.74) is 0.761. The Hall–Kier alpha value is -1.59.